The summed E-state index contributed by atoms with van der Waals surface area (Å²) < 4.78 is 43.3. The van der Waals surface area contributed by atoms with E-state index in [1.54, 1.807) is 22.0 Å². The average molecular weight is 568 g/mol. The van der Waals surface area contributed by atoms with Crippen LogP contribution in [0.15, 0.2) is 49.2 Å². The summed E-state index contributed by atoms with van der Waals surface area (Å²) >= 11 is 5.79. The minimum Gasteiger partial charge on any atom is -0.318 e. The first-order chi connectivity index (χ1) is 19.2. The van der Waals surface area contributed by atoms with E-state index in [-0.39, 0.29) is 28.2 Å². The van der Waals surface area contributed by atoms with E-state index in [4.69, 9.17) is 11.6 Å². The van der Waals surface area contributed by atoms with Crippen LogP contribution >= 0.6 is 11.6 Å². The van der Waals surface area contributed by atoms with Gasteiger partial charge in [-0.1, -0.05) is 17.7 Å². The highest BCUT2D eigenvalue weighted by molar-refractivity contribution is 6.31. The van der Waals surface area contributed by atoms with Crippen LogP contribution in [-0.2, 0) is 11.3 Å². The van der Waals surface area contributed by atoms with E-state index in [0.717, 1.165) is 42.1 Å². The number of hydrogen-bond acceptors (Lipinski definition) is 6. The SMILES string of the molecule is Cc1cc(N2C[C@H]3C[C@H]3C2=O)ncc1Cn1cc(NC(=O)c2cncc(-c3c(C(F)F)ccc(Cl)c3F)n2)cn1. The Morgan fingerprint density at radius 2 is 2.05 bits per heavy atom. The lowest BCUT2D eigenvalue weighted by Crippen LogP contribution is -2.28. The molecule has 4 aromatic rings. The zero-order valence-corrected chi connectivity index (χ0v) is 21.7. The van der Waals surface area contributed by atoms with Crippen molar-refractivity contribution in [1.82, 2.24) is 24.7 Å². The Bertz CT molecular complexity index is 1660. The van der Waals surface area contributed by atoms with Crippen molar-refractivity contribution in [3.63, 3.8) is 0 Å². The maximum absolute atomic E-state index is 14.7. The van der Waals surface area contributed by atoms with Gasteiger partial charge in [-0.2, -0.15) is 5.10 Å². The van der Waals surface area contributed by atoms with Gasteiger partial charge >= 0.3 is 0 Å². The molecule has 1 N–H and O–H groups in total. The molecular weight excluding hydrogens is 547 g/mol. The Labute approximate surface area is 231 Å². The lowest BCUT2D eigenvalue weighted by atomic mass is 10.0. The summed E-state index contributed by atoms with van der Waals surface area (Å²) in [5.74, 6) is -0.373. The van der Waals surface area contributed by atoms with Crippen molar-refractivity contribution < 1.29 is 22.8 Å². The van der Waals surface area contributed by atoms with Gasteiger partial charge in [0.05, 0.1) is 41.5 Å². The lowest BCUT2D eigenvalue weighted by molar-refractivity contribution is -0.118. The van der Waals surface area contributed by atoms with E-state index in [9.17, 15) is 22.8 Å². The molecule has 2 amide bonds. The summed E-state index contributed by atoms with van der Waals surface area (Å²) in [6.07, 6.45) is 4.96. The number of halogens is 4. The fraction of sp³-hybridized carbons (Fsp3) is 0.259. The first-order valence-electron chi connectivity index (χ1n) is 12.4. The molecule has 3 aromatic heterocycles. The third-order valence-electron chi connectivity index (χ3n) is 7.11. The molecule has 2 fully saturated rings. The fourth-order valence-electron chi connectivity index (χ4n) is 4.85. The molecule has 13 heteroatoms. The van der Waals surface area contributed by atoms with Crippen LogP contribution in [0.4, 0.5) is 24.7 Å². The second-order valence-electron chi connectivity index (χ2n) is 9.82. The van der Waals surface area contributed by atoms with Gasteiger partial charge in [-0.25, -0.2) is 23.1 Å². The number of nitrogens with one attached hydrogen (secondary N) is 1. The second kappa shape index (κ2) is 10.0. The van der Waals surface area contributed by atoms with Gasteiger partial charge in [0.1, 0.15) is 11.5 Å². The summed E-state index contributed by atoms with van der Waals surface area (Å²) in [4.78, 5) is 39.4. The van der Waals surface area contributed by atoms with E-state index in [2.05, 4.69) is 25.4 Å². The zero-order valence-electron chi connectivity index (χ0n) is 21.0. The van der Waals surface area contributed by atoms with Gasteiger partial charge in [0.25, 0.3) is 12.3 Å². The van der Waals surface area contributed by atoms with Crippen molar-refractivity contribution in [2.45, 2.75) is 26.3 Å². The van der Waals surface area contributed by atoms with Gasteiger partial charge in [-0.3, -0.25) is 24.2 Å². The topological polar surface area (TPSA) is 106 Å². The van der Waals surface area contributed by atoms with Crippen LogP contribution in [-0.4, -0.2) is 43.1 Å². The van der Waals surface area contributed by atoms with Gasteiger partial charge in [-0.15, -0.1) is 0 Å². The van der Waals surface area contributed by atoms with E-state index in [0.29, 0.717) is 30.5 Å². The summed E-state index contributed by atoms with van der Waals surface area (Å²) in [6.45, 7) is 3.02. The molecule has 0 radical (unpaired) electrons. The summed E-state index contributed by atoms with van der Waals surface area (Å²) in [7, 11) is 0. The number of alkyl halides is 2. The van der Waals surface area contributed by atoms with Crippen LogP contribution in [0, 0.1) is 24.6 Å². The van der Waals surface area contributed by atoms with E-state index in [1.165, 1.54) is 6.20 Å². The molecule has 2 aliphatic rings. The molecule has 1 aliphatic heterocycles. The second-order valence-corrected chi connectivity index (χ2v) is 10.2. The van der Waals surface area contributed by atoms with Crippen molar-refractivity contribution in [2.24, 2.45) is 11.8 Å². The highest BCUT2D eigenvalue weighted by atomic mass is 35.5. The Balaban J connectivity index is 1.16. The molecule has 9 nitrogen and oxygen atoms in total. The average Bonchev–Trinajstić information content (AvgIpc) is 3.46. The molecule has 6 rings (SSSR count). The smallest absolute Gasteiger partial charge is 0.275 e. The summed E-state index contributed by atoms with van der Waals surface area (Å²) in [6, 6.07) is 3.93. The molecule has 1 aliphatic carbocycles. The number of aryl methyl sites for hydroxylation is 1. The maximum atomic E-state index is 14.7. The number of anilines is 2. The van der Waals surface area contributed by atoms with Crippen LogP contribution in [0.3, 0.4) is 0 Å². The predicted octanol–water partition coefficient (Wildman–Crippen LogP) is 5.06. The van der Waals surface area contributed by atoms with Gasteiger partial charge in [0.15, 0.2) is 5.82 Å². The van der Waals surface area contributed by atoms with E-state index >= 15 is 0 Å². The van der Waals surface area contributed by atoms with Crippen LogP contribution in [0.25, 0.3) is 11.3 Å². The largest absolute Gasteiger partial charge is 0.318 e. The lowest BCUT2D eigenvalue weighted by Gasteiger charge is -2.18. The Morgan fingerprint density at radius 3 is 2.77 bits per heavy atom. The number of piperidine rings is 1. The van der Waals surface area contributed by atoms with E-state index in [1.807, 2.05) is 13.0 Å². The summed E-state index contributed by atoms with van der Waals surface area (Å²) in [5, 5.41) is 6.54. The number of aromatic nitrogens is 5. The highest BCUT2D eigenvalue weighted by Crippen LogP contribution is 2.47. The van der Waals surface area contributed by atoms with Gasteiger partial charge < -0.3 is 5.32 Å². The molecule has 204 valence electrons. The monoisotopic (exact) mass is 567 g/mol. The van der Waals surface area contributed by atoms with Gasteiger partial charge in [-0.05, 0) is 42.5 Å². The molecule has 0 bridgehead atoms. The molecule has 40 heavy (non-hydrogen) atoms. The van der Waals surface area contributed by atoms with Crippen LogP contribution in [0.1, 0.15) is 40.0 Å². The van der Waals surface area contributed by atoms with Crippen LogP contribution < -0.4 is 10.2 Å². The minimum absolute atomic E-state index is 0.138. The number of rotatable bonds is 7. The number of carbonyl (C=O) groups is 2. The van der Waals surface area contributed by atoms with Crippen molar-refractivity contribution in [1.29, 1.82) is 0 Å². The number of fused-ring (bicyclic) bond motifs is 1. The zero-order chi connectivity index (χ0) is 28.1. The molecule has 4 heterocycles. The third kappa shape index (κ3) is 4.79. The van der Waals surface area contributed by atoms with E-state index < -0.39 is 29.3 Å². The molecule has 1 saturated heterocycles. The van der Waals surface area contributed by atoms with Gasteiger partial charge in [0, 0.05) is 36.0 Å². The van der Waals surface area contributed by atoms with Crippen LogP contribution in [0.2, 0.25) is 5.02 Å². The molecule has 2 atom stereocenters. The van der Waals surface area contributed by atoms with Crippen molar-refractivity contribution in [2.75, 3.05) is 16.8 Å². The number of amides is 2. The number of benzene rings is 1. The fourth-order valence-corrected chi connectivity index (χ4v) is 5.01. The Kier molecular flexibility index (Phi) is 6.49. The first-order valence-corrected chi connectivity index (χ1v) is 12.8. The van der Waals surface area contributed by atoms with Crippen molar-refractivity contribution in [3.05, 3.63) is 82.4 Å². The number of nitrogens with zero attached hydrogens (tertiary/aromatic N) is 6. The van der Waals surface area contributed by atoms with Crippen molar-refractivity contribution >= 4 is 34.9 Å². The number of hydrogen-bond donors (Lipinski definition) is 1. The minimum atomic E-state index is -2.99. The molecular formula is C27H21ClF3N7O2. The standard InChI is InChI=1S/C27H21ClF3N7O2/c1-13-4-22(38-11-14-5-18(14)27(38)40)33-6-15(13)10-37-12-16(7-34-37)35-26(39)21-9-32-8-20(36-21)23-17(25(30)31)2-3-19(28)24(23)29/h2-4,6-9,12,14,18,25H,5,10-11H2,1H3,(H,35,39)/t14-,18-/m1/s1. The normalized spacial score (nSPS) is 17.9. The molecule has 0 spiro atoms. The maximum Gasteiger partial charge on any atom is 0.275 e. The van der Waals surface area contributed by atoms with Gasteiger partial charge in [0.2, 0.25) is 5.91 Å². The predicted molar refractivity (Wildman–Crippen MR) is 140 cm³/mol. The number of pyridine rings is 1. The molecule has 1 aromatic carbocycles. The molecule has 1 saturated carbocycles. The third-order valence-corrected chi connectivity index (χ3v) is 7.41. The van der Waals surface area contributed by atoms with Crippen molar-refractivity contribution in [3.8, 4) is 11.3 Å². The quantitative estimate of drug-likeness (QED) is 0.335. The Hall–Kier alpha value is -4.32. The number of carbonyl (C=O) groups excluding carboxylic acids is 2. The first kappa shape index (κ1) is 25.9. The summed E-state index contributed by atoms with van der Waals surface area (Å²) in [5.41, 5.74) is 0.590. The molecule has 0 unspecified atom stereocenters. The Morgan fingerprint density at radius 1 is 1.23 bits per heavy atom. The van der Waals surface area contributed by atoms with Crippen LogP contribution in [0.5, 0.6) is 0 Å². The highest BCUT2D eigenvalue weighted by Gasteiger charge is 2.52.